The molecule has 0 saturated carbocycles. The number of amides is 2. The Balaban J connectivity index is 1.36. The molecule has 2 aliphatic rings. The van der Waals surface area contributed by atoms with Crippen molar-refractivity contribution in [3.8, 4) is 0 Å². The Morgan fingerprint density at radius 1 is 1.26 bits per heavy atom. The molecular formula is C23H30N6O2. The van der Waals surface area contributed by atoms with E-state index < -0.39 is 0 Å². The van der Waals surface area contributed by atoms with Gasteiger partial charge in [0.2, 0.25) is 5.91 Å². The van der Waals surface area contributed by atoms with E-state index in [1.807, 2.05) is 32.2 Å². The Kier molecular flexibility index (Phi) is 6.18. The van der Waals surface area contributed by atoms with E-state index in [1.54, 1.807) is 13.1 Å². The number of pyridine rings is 2. The number of anilines is 2. The Labute approximate surface area is 183 Å². The van der Waals surface area contributed by atoms with Gasteiger partial charge in [-0.05, 0) is 43.5 Å². The number of piperazine rings is 1. The molecule has 4 heterocycles. The number of rotatable bonds is 5. The second-order valence-corrected chi connectivity index (χ2v) is 8.27. The number of fused-ring (bicyclic) bond motifs is 1. The third-order valence-corrected chi connectivity index (χ3v) is 6.25. The largest absolute Gasteiger partial charge is 0.368 e. The minimum Gasteiger partial charge on any atom is -0.368 e. The molecule has 2 aromatic heterocycles. The van der Waals surface area contributed by atoms with Crippen LogP contribution in [-0.4, -0.2) is 59.9 Å². The summed E-state index contributed by atoms with van der Waals surface area (Å²) in [7, 11) is 1.61. The molecule has 0 radical (unpaired) electrons. The maximum atomic E-state index is 12.2. The van der Waals surface area contributed by atoms with Gasteiger partial charge < -0.3 is 15.5 Å². The first-order valence-corrected chi connectivity index (χ1v) is 10.9. The van der Waals surface area contributed by atoms with Gasteiger partial charge in [-0.15, -0.1) is 0 Å². The van der Waals surface area contributed by atoms with Crippen LogP contribution in [0.25, 0.3) is 0 Å². The van der Waals surface area contributed by atoms with Crippen molar-refractivity contribution in [1.82, 2.24) is 20.2 Å². The predicted molar refractivity (Wildman–Crippen MR) is 120 cm³/mol. The molecule has 31 heavy (non-hydrogen) atoms. The first-order valence-electron chi connectivity index (χ1n) is 10.9. The second-order valence-electron chi connectivity index (χ2n) is 8.27. The van der Waals surface area contributed by atoms with Crippen molar-refractivity contribution in [3.05, 3.63) is 47.0 Å². The molecule has 4 rings (SSSR count). The van der Waals surface area contributed by atoms with Crippen LogP contribution < -0.4 is 15.5 Å². The van der Waals surface area contributed by atoms with Gasteiger partial charge in [0.25, 0.3) is 5.91 Å². The molecule has 2 amide bonds. The molecule has 2 aromatic rings. The third-order valence-electron chi connectivity index (χ3n) is 6.25. The van der Waals surface area contributed by atoms with Gasteiger partial charge in [0.1, 0.15) is 5.69 Å². The van der Waals surface area contributed by atoms with Crippen molar-refractivity contribution < 1.29 is 9.59 Å². The van der Waals surface area contributed by atoms with Crippen LogP contribution in [0.15, 0.2) is 24.4 Å². The van der Waals surface area contributed by atoms with Crippen LogP contribution >= 0.6 is 0 Å². The van der Waals surface area contributed by atoms with Crippen molar-refractivity contribution in [3.63, 3.8) is 0 Å². The first kappa shape index (κ1) is 21.2. The predicted octanol–water partition coefficient (Wildman–Crippen LogP) is 1.99. The van der Waals surface area contributed by atoms with Gasteiger partial charge in [0.15, 0.2) is 0 Å². The van der Waals surface area contributed by atoms with E-state index in [0.29, 0.717) is 5.69 Å². The van der Waals surface area contributed by atoms with E-state index in [4.69, 9.17) is 0 Å². The third kappa shape index (κ3) is 4.54. The number of aryl methyl sites for hydroxylation is 1. The minimum absolute atomic E-state index is 0.0524. The summed E-state index contributed by atoms with van der Waals surface area (Å²) < 4.78 is 0. The molecule has 8 nitrogen and oxygen atoms in total. The lowest BCUT2D eigenvalue weighted by atomic mass is 9.92. The van der Waals surface area contributed by atoms with E-state index in [0.717, 1.165) is 73.9 Å². The quantitative estimate of drug-likeness (QED) is 0.766. The molecule has 8 heteroatoms. The van der Waals surface area contributed by atoms with E-state index in [1.165, 1.54) is 0 Å². The maximum Gasteiger partial charge on any atom is 0.269 e. The number of nitrogens with zero attached hydrogens (tertiary/aromatic N) is 4. The molecule has 0 aliphatic carbocycles. The van der Waals surface area contributed by atoms with E-state index >= 15 is 0 Å². The van der Waals surface area contributed by atoms with Crippen molar-refractivity contribution >= 4 is 23.2 Å². The number of nitrogens with one attached hydrogen (secondary N) is 2. The number of hydrogen-bond acceptors (Lipinski definition) is 6. The zero-order valence-corrected chi connectivity index (χ0v) is 18.4. The minimum atomic E-state index is -0.168. The second kappa shape index (κ2) is 9.01. The standard InChI is InChI=1S/C23H30N6O2/c1-4-16-11-17-13-25-18(12-20(17)27-22(16)30)14-28-7-9-29(10-8-28)21-6-5-19(23(31)24-3)26-15(21)2/h5-6,12-13,16H,4,7-11,14H2,1-3H3,(H,24,31)(H,27,30). The summed E-state index contributed by atoms with van der Waals surface area (Å²) in [5.41, 5.74) is 5.41. The molecular weight excluding hydrogens is 392 g/mol. The molecule has 2 aliphatic heterocycles. The lowest BCUT2D eigenvalue weighted by molar-refractivity contribution is -0.120. The Morgan fingerprint density at radius 3 is 2.71 bits per heavy atom. The smallest absolute Gasteiger partial charge is 0.269 e. The SMILES string of the molecule is CCC1Cc2cnc(CN3CCN(c4ccc(C(=O)NC)nc4C)CC3)cc2NC1=O. The summed E-state index contributed by atoms with van der Waals surface area (Å²) in [6.45, 7) is 8.37. The van der Waals surface area contributed by atoms with Crippen molar-refractivity contribution in [2.45, 2.75) is 33.2 Å². The molecule has 1 fully saturated rings. The highest BCUT2D eigenvalue weighted by molar-refractivity contribution is 5.95. The van der Waals surface area contributed by atoms with Crippen LogP contribution in [-0.2, 0) is 17.8 Å². The summed E-state index contributed by atoms with van der Waals surface area (Å²) >= 11 is 0. The van der Waals surface area contributed by atoms with Gasteiger partial charge in [0.05, 0.1) is 17.1 Å². The highest BCUT2D eigenvalue weighted by Crippen LogP contribution is 2.27. The highest BCUT2D eigenvalue weighted by Gasteiger charge is 2.26. The summed E-state index contributed by atoms with van der Waals surface area (Å²) in [6, 6.07) is 5.79. The normalized spacial score (nSPS) is 19.0. The van der Waals surface area contributed by atoms with Crippen LogP contribution in [0.1, 0.15) is 40.8 Å². The van der Waals surface area contributed by atoms with Crippen LogP contribution in [0.5, 0.6) is 0 Å². The molecule has 164 valence electrons. The van der Waals surface area contributed by atoms with E-state index in [2.05, 4.69) is 30.4 Å². The zero-order valence-electron chi connectivity index (χ0n) is 18.4. The average molecular weight is 423 g/mol. The van der Waals surface area contributed by atoms with Crippen LogP contribution in [0, 0.1) is 12.8 Å². The van der Waals surface area contributed by atoms with Crippen LogP contribution in [0.3, 0.4) is 0 Å². The molecule has 0 bridgehead atoms. The fourth-order valence-electron chi connectivity index (χ4n) is 4.33. The van der Waals surface area contributed by atoms with Gasteiger partial charge in [0, 0.05) is 57.6 Å². The molecule has 1 unspecified atom stereocenters. The maximum absolute atomic E-state index is 12.2. The lowest BCUT2D eigenvalue weighted by Gasteiger charge is -2.36. The van der Waals surface area contributed by atoms with E-state index in [-0.39, 0.29) is 17.7 Å². The van der Waals surface area contributed by atoms with E-state index in [9.17, 15) is 9.59 Å². The monoisotopic (exact) mass is 422 g/mol. The van der Waals surface area contributed by atoms with Crippen molar-refractivity contribution in [2.24, 2.45) is 5.92 Å². The Bertz CT molecular complexity index is 984. The Morgan fingerprint density at radius 2 is 2.03 bits per heavy atom. The molecule has 1 saturated heterocycles. The highest BCUT2D eigenvalue weighted by atomic mass is 16.2. The van der Waals surface area contributed by atoms with Crippen LogP contribution in [0.2, 0.25) is 0 Å². The molecule has 0 aromatic carbocycles. The number of hydrogen-bond donors (Lipinski definition) is 2. The topological polar surface area (TPSA) is 90.5 Å². The van der Waals surface area contributed by atoms with Crippen molar-refractivity contribution in [1.29, 1.82) is 0 Å². The van der Waals surface area contributed by atoms with Gasteiger partial charge in [-0.25, -0.2) is 4.98 Å². The van der Waals surface area contributed by atoms with Crippen molar-refractivity contribution in [2.75, 3.05) is 43.4 Å². The van der Waals surface area contributed by atoms with Crippen LogP contribution in [0.4, 0.5) is 11.4 Å². The summed E-state index contributed by atoms with van der Waals surface area (Å²) in [5, 5.41) is 5.66. The number of carbonyl (C=O) groups is 2. The molecule has 2 N–H and O–H groups in total. The fourth-order valence-corrected chi connectivity index (χ4v) is 4.33. The number of carbonyl (C=O) groups excluding carboxylic acids is 2. The summed E-state index contributed by atoms with van der Waals surface area (Å²) in [4.78, 5) is 37.8. The van der Waals surface area contributed by atoms with Gasteiger partial charge >= 0.3 is 0 Å². The first-order chi connectivity index (χ1) is 15.0. The van der Waals surface area contributed by atoms with Gasteiger partial charge in [-0.3, -0.25) is 19.5 Å². The zero-order chi connectivity index (χ0) is 22.0. The summed E-state index contributed by atoms with van der Waals surface area (Å²) in [6.07, 6.45) is 3.54. The van der Waals surface area contributed by atoms with Gasteiger partial charge in [-0.1, -0.05) is 6.92 Å². The fraction of sp³-hybridized carbons (Fsp3) is 0.478. The number of aromatic nitrogens is 2. The lowest BCUT2D eigenvalue weighted by Crippen LogP contribution is -2.46. The average Bonchev–Trinajstić information content (AvgIpc) is 2.78. The molecule has 1 atom stereocenters. The summed E-state index contributed by atoms with van der Waals surface area (Å²) in [5.74, 6) is 0.00204. The molecule has 0 spiro atoms. The Hall–Kier alpha value is -3.00. The van der Waals surface area contributed by atoms with Gasteiger partial charge in [-0.2, -0.15) is 0 Å².